The second-order valence-electron chi connectivity index (χ2n) is 5.02. The van der Waals surface area contributed by atoms with Crippen molar-refractivity contribution in [3.8, 4) is 0 Å². The Morgan fingerprint density at radius 1 is 1.36 bits per heavy atom. The summed E-state index contributed by atoms with van der Waals surface area (Å²) in [4.78, 5) is 0. The lowest BCUT2D eigenvalue weighted by Crippen LogP contribution is -2.49. The van der Waals surface area contributed by atoms with Crippen LogP contribution >= 0.6 is 0 Å². The van der Waals surface area contributed by atoms with Gasteiger partial charge in [0, 0.05) is 6.42 Å². The molecule has 2 aliphatic rings. The van der Waals surface area contributed by atoms with E-state index in [1.165, 1.54) is 25.0 Å². The molecule has 0 aliphatic heterocycles. The number of hydrogen-bond donors (Lipinski definition) is 1. The van der Waals surface area contributed by atoms with Crippen molar-refractivity contribution in [3.63, 3.8) is 0 Å². The zero-order chi connectivity index (χ0) is 8.28. The fourth-order valence-corrected chi connectivity index (χ4v) is 3.02. The molecule has 1 heteroatoms. The maximum atomic E-state index is 6.05. The van der Waals surface area contributed by atoms with Gasteiger partial charge in [0.1, 0.15) is 0 Å². The summed E-state index contributed by atoms with van der Waals surface area (Å²) in [6.07, 6.45) is 3.89. The summed E-state index contributed by atoms with van der Waals surface area (Å²) in [6, 6.07) is 0. The molecule has 0 amide bonds. The first-order valence-corrected chi connectivity index (χ1v) is 4.60. The van der Waals surface area contributed by atoms with Crippen LogP contribution in [0.15, 0.2) is 0 Å². The van der Waals surface area contributed by atoms with Crippen molar-refractivity contribution < 1.29 is 5.41 Å². The van der Waals surface area contributed by atoms with E-state index in [1.807, 2.05) is 0 Å². The number of rotatable bonds is 0. The van der Waals surface area contributed by atoms with Crippen molar-refractivity contribution in [2.75, 3.05) is 0 Å². The summed E-state index contributed by atoms with van der Waals surface area (Å²) in [5.41, 5.74) is 2.09. The molecule has 11 heavy (non-hydrogen) atoms. The Hall–Kier alpha value is -0.330. The predicted molar refractivity (Wildman–Crippen MR) is 46.2 cm³/mol. The molecule has 0 unspecified atom stereocenters. The molecule has 0 spiro atoms. The zero-order valence-electron chi connectivity index (χ0n) is 7.78. The molecule has 0 aromatic carbocycles. The lowest BCUT2D eigenvalue weighted by atomic mass is 9.70. The fourth-order valence-electron chi connectivity index (χ4n) is 3.02. The van der Waals surface area contributed by atoms with Crippen molar-refractivity contribution in [1.82, 2.24) is 0 Å². The molecule has 0 heterocycles. The molecule has 0 aromatic rings. The molecule has 2 aliphatic carbocycles. The van der Waals surface area contributed by atoms with Crippen molar-refractivity contribution in [1.29, 1.82) is 0 Å². The first-order valence-electron chi connectivity index (χ1n) is 4.60. The van der Waals surface area contributed by atoms with Gasteiger partial charge in [-0.3, -0.25) is 5.41 Å². The summed E-state index contributed by atoms with van der Waals surface area (Å²) in [6.45, 7) is 7.10. The van der Waals surface area contributed by atoms with Gasteiger partial charge >= 0.3 is 0 Å². The lowest BCUT2D eigenvalue weighted by Gasteiger charge is -2.31. The zero-order valence-corrected chi connectivity index (χ0v) is 7.78. The first kappa shape index (κ1) is 7.33. The molecule has 2 fully saturated rings. The Balaban J connectivity index is 2.47. The Kier molecular flexibility index (Phi) is 1.13. The van der Waals surface area contributed by atoms with E-state index < -0.39 is 0 Å². The normalized spacial score (nSPS) is 46.8. The summed E-state index contributed by atoms with van der Waals surface area (Å²) in [5.74, 6) is 0.868. The molecular formula is C10H18N+. The highest BCUT2D eigenvalue weighted by Gasteiger charge is 2.62. The number of nitrogens with two attached hydrogens (primary N) is 1. The Bertz CT molecular complexity index is 217. The van der Waals surface area contributed by atoms with E-state index in [1.54, 1.807) is 0 Å². The van der Waals surface area contributed by atoms with Crippen LogP contribution in [0.4, 0.5) is 0 Å². The lowest BCUT2D eigenvalue weighted by molar-refractivity contribution is -0.128. The molecule has 2 bridgehead atoms. The highest BCUT2D eigenvalue weighted by atomic mass is 14.7. The Labute approximate surface area is 68.7 Å². The van der Waals surface area contributed by atoms with Gasteiger partial charge < -0.3 is 0 Å². The fraction of sp³-hybridized carbons (Fsp3) is 0.900. The van der Waals surface area contributed by atoms with Gasteiger partial charge in [-0.05, 0) is 31.1 Å². The smallest absolute Gasteiger partial charge is 0.155 e. The van der Waals surface area contributed by atoms with Crippen LogP contribution in [0.3, 0.4) is 0 Å². The van der Waals surface area contributed by atoms with Crippen LogP contribution in [0.5, 0.6) is 0 Å². The monoisotopic (exact) mass is 152 g/mol. The standard InChI is InChI=1S/C10H17N/c1-9(2)7-4-5-10(9,3)8(11)6-7/h7,11H,4-6H2,1-3H3/p+1/t7-,10+/m0/s1. The van der Waals surface area contributed by atoms with E-state index in [0.717, 1.165) is 5.92 Å². The third kappa shape index (κ3) is 0.605. The molecule has 0 aromatic heterocycles. The van der Waals surface area contributed by atoms with Crippen LogP contribution in [-0.2, 0) is 0 Å². The maximum Gasteiger partial charge on any atom is 0.155 e. The molecule has 2 saturated carbocycles. The second kappa shape index (κ2) is 1.70. The molecule has 2 atom stereocenters. The van der Waals surface area contributed by atoms with Crippen LogP contribution < -0.4 is 5.41 Å². The van der Waals surface area contributed by atoms with E-state index in [-0.39, 0.29) is 0 Å². The molecule has 0 radical (unpaired) electrons. The van der Waals surface area contributed by atoms with E-state index in [4.69, 9.17) is 5.41 Å². The van der Waals surface area contributed by atoms with Gasteiger partial charge in [-0.2, -0.15) is 0 Å². The first-order chi connectivity index (χ1) is 4.98. The van der Waals surface area contributed by atoms with E-state index in [2.05, 4.69) is 20.8 Å². The summed E-state index contributed by atoms with van der Waals surface area (Å²) < 4.78 is 0. The van der Waals surface area contributed by atoms with Gasteiger partial charge in [0.15, 0.2) is 5.71 Å². The minimum absolute atomic E-state index is 0.359. The largest absolute Gasteiger partial charge is 0.261 e. The third-order valence-corrected chi connectivity index (χ3v) is 4.61. The van der Waals surface area contributed by atoms with Crippen LogP contribution in [0.25, 0.3) is 0 Å². The summed E-state index contributed by atoms with van der Waals surface area (Å²) in [5, 5.41) is 6.05. The Morgan fingerprint density at radius 2 is 2.00 bits per heavy atom. The van der Waals surface area contributed by atoms with E-state index in [0.29, 0.717) is 10.8 Å². The maximum absolute atomic E-state index is 6.05. The van der Waals surface area contributed by atoms with Crippen molar-refractivity contribution in [3.05, 3.63) is 0 Å². The summed E-state index contributed by atoms with van der Waals surface area (Å²) >= 11 is 0. The predicted octanol–water partition coefficient (Wildman–Crippen LogP) is 1.03. The van der Waals surface area contributed by atoms with Gasteiger partial charge in [-0.1, -0.05) is 13.8 Å². The minimum Gasteiger partial charge on any atom is -0.261 e. The molecule has 0 saturated heterocycles. The van der Waals surface area contributed by atoms with Crippen LogP contribution in [0.1, 0.15) is 40.0 Å². The summed E-state index contributed by atoms with van der Waals surface area (Å²) in [7, 11) is 0. The van der Waals surface area contributed by atoms with Gasteiger partial charge in [0.05, 0.1) is 5.41 Å². The van der Waals surface area contributed by atoms with Crippen LogP contribution in [-0.4, -0.2) is 5.71 Å². The average Bonchev–Trinajstić information content (AvgIpc) is 2.20. The van der Waals surface area contributed by atoms with Gasteiger partial charge in [-0.25, -0.2) is 0 Å². The van der Waals surface area contributed by atoms with Crippen molar-refractivity contribution in [2.24, 2.45) is 16.7 Å². The second-order valence-corrected chi connectivity index (χ2v) is 5.02. The average molecular weight is 152 g/mol. The highest BCUT2D eigenvalue weighted by molar-refractivity contribution is 5.89. The minimum atomic E-state index is 0.359. The number of fused-ring (bicyclic) bond motifs is 2. The van der Waals surface area contributed by atoms with Crippen molar-refractivity contribution >= 4 is 5.71 Å². The van der Waals surface area contributed by atoms with Gasteiger partial charge in [0.25, 0.3) is 0 Å². The van der Waals surface area contributed by atoms with Gasteiger partial charge in [-0.15, -0.1) is 0 Å². The van der Waals surface area contributed by atoms with Crippen LogP contribution in [0.2, 0.25) is 0 Å². The quantitative estimate of drug-likeness (QED) is 0.536. The molecular weight excluding hydrogens is 134 g/mol. The van der Waals surface area contributed by atoms with E-state index in [9.17, 15) is 0 Å². The molecule has 2 N–H and O–H groups in total. The Morgan fingerprint density at radius 3 is 2.18 bits per heavy atom. The topological polar surface area (TPSA) is 25.6 Å². The number of hydrogen-bond acceptors (Lipinski definition) is 0. The highest BCUT2D eigenvalue weighted by Crippen LogP contribution is 2.62. The molecule has 2 rings (SSSR count). The molecule has 62 valence electrons. The van der Waals surface area contributed by atoms with E-state index >= 15 is 0 Å². The van der Waals surface area contributed by atoms with Gasteiger partial charge in [0.2, 0.25) is 0 Å². The van der Waals surface area contributed by atoms with Crippen molar-refractivity contribution in [2.45, 2.75) is 40.0 Å². The van der Waals surface area contributed by atoms with Crippen LogP contribution in [0, 0.1) is 16.7 Å². The third-order valence-electron chi connectivity index (χ3n) is 4.61. The molecule has 1 nitrogen and oxygen atoms in total. The SMILES string of the molecule is CC1(C)[C@H]2CC[C@]1(C)C(=[NH2+])C2.